The largest absolute Gasteiger partial charge is 0.347 e. The Kier molecular flexibility index (Phi) is 5.26. The van der Waals surface area contributed by atoms with Gasteiger partial charge in [-0.2, -0.15) is 0 Å². The van der Waals surface area contributed by atoms with Crippen molar-refractivity contribution in [1.82, 2.24) is 5.32 Å². The number of halogens is 1. The summed E-state index contributed by atoms with van der Waals surface area (Å²) in [6.07, 6.45) is 0. The third-order valence-electron chi connectivity index (χ3n) is 2.33. The molecule has 1 rings (SSSR count). The van der Waals surface area contributed by atoms with Crippen LogP contribution in [0.4, 0.5) is 10.1 Å². The summed E-state index contributed by atoms with van der Waals surface area (Å²) in [6, 6.07) is 5.81. The molecule has 3 N–H and O–H groups in total. The Morgan fingerprint density at radius 2 is 2.06 bits per heavy atom. The second kappa shape index (κ2) is 6.70. The number of nitrogens with zero attached hydrogens (tertiary/aromatic N) is 1. The molecule has 2 amide bonds. The molecular weight excluding hydrogens is 237 g/mol. The van der Waals surface area contributed by atoms with Crippen LogP contribution in [0, 0.1) is 5.82 Å². The first-order chi connectivity index (χ1) is 8.61. The van der Waals surface area contributed by atoms with Gasteiger partial charge in [-0.3, -0.25) is 9.59 Å². The fraction of sp³-hybridized carbons (Fsp3) is 0.333. The van der Waals surface area contributed by atoms with Crippen LogP contribution in [0.1, 0.15) is 6.92 Å². The smallest absolute Gasteiger partial charge is 0.316 e. The minimum atomic E-state index is -0.795. The highest BCUT2D eigenvalue weighted by atomic mass is 19.1. The molecule has 0 aliphatic heterocycles. The van der Waals surface area contributed by atoms with Gasteiger partial charge >= 0.3 is 11.8 Å². The van der Waals surface area contributed by atoms with Gasteiger partial charge in [0.2, 0.25) is 0 Å². The number of amides is 2. The van der Waals surface area contributed by atoms with E-state index in [4.69, 9.17) is 5.73 Å². The van der Waals surface area contributed by atoms with E-state index in [0.717, 1.165) is 4.90 Å². The summed E-state index contributed by atoms with van der Waals surface area (Å²) in [4.78, 5) is 24.4. The molecule has 18 heavy (non-hydrogen) atoms. The van der Waals surface area contributed by atoms with Crippen LogP contribution in [0.25, 0.3) is 0 Å². The molecule has 0 fully saturated rings. The van der Waals surface area contributed by atoms with Gasteiger partial charge in [0.15, 0.2) is 0 Å². The van der Waals surface area contributed by atoms with Crippen molar-refractivity contribution in [2.45, 2.75) is 6.92 Å². The fourth-order valence-electron chi connectivity index (χ4n) is 1.48. The molecule has 0 aliphatic carbocycles. The zero-order chi connectivity index (χ0) is 13.5. The molecule has 98 valence electrons. The number of benzene rings is 1. The highest BCUT2D eigenvalue weighted by molar-refractivity contribution is 6.40. The first kappa shape index (κ1) is 14.1. The molecule has 0 saturated heterocycles. The number of carbonyl (C=O) groups is 2. The van der Waals surface area contributed by atoms with Crippen molar-refractivity contribution in [1.29, 1.82) is 0 Å². The number of carbonyl (C=O) groups excluding carboxylic acids is 2. The second-order valence-corrected chi connectivity index (χ2v) is 3.55. The van der Waals surface area contributed by atoms with Gasteiger partial charge in [0.25, 0.3) is 0 Å². The fourth-order valence-corrected chi connectivity index (χ4v) is 1.48. The van der Waals surface area contributed by atoms with Crippen molar-refractivity contribution >= 4 is 17.5 Å². The number of rotatable bonds is 4. The molecule has 6 heteroatoms. The van der Waals surface area contributed by atoms with Gasteiger partial charge in [0.1, 0.15) is 5.82 Å². The highest BCUT2D eigenvalue weighted by Gasteiger charge is 2.23. The molecule has 0 unspecified atom stereocenters. The van der Waals surface area contributed by atoms with Crippen LogP contribution < -0.4 is 16.0 Å². The van der Waals surface area contributed by atoms with Crippen molar-refractivity contribution in [2.75, 3.05) is 24.5 Å². The first-order valence-corrected chi connectivity index (χ1v) is 5.66. The summed E-state index contributed by atoms with van der Waals surface area (Å²) in [5, 5.41) is 2.36. The Morgan fingerprint density at radius 3 is 2.61 bits per heavy atom. The van der Waals surface area contributed by atoms with Crippen LogP contribution in [-0.4, -0.2) is 31.4 Å². The lowest BCUT2D eigenvalue weighted by Crippen LogP contribution is -2.44. The van der Waals surface area contributed by atoms with E-state index in [1.54, 1.807) is 13.0 Å². The Labute approximate surface area is 105 Å². The Morgan fingerprint density at radius 1 is 1.39 bits per heavy atom. The van der Waals surface area contributed by atoms with Gasteiger partial charge in [-0.25, -0.2) is 4.39 Å². The maximum absolute atomic E-state index is 13.6. The standard InChI is InChI=1S/C12H16FN3O2/c1-2-16(10-6-4-3-5-9(10)13)12(18)11(17)15-8-7-14/h3-6H,2,7-8,14H2,1H3,(H,15,17). The lowest BCUT2D eigenvalue weighted by atomic mass is 10.2. The van der Waals surface area contributed by atoms with Gasteiger partial charge < -0.3 is 16.0 Å². The van der Waals surface area contributed by atoms with Crippen LogP contribution in [0.3, 0.4) is 0 Å². The van der Waals surface area contributed by atoms with Crippen LogP contribution in [0.2, 0.25) is 0 Å². The number of para-hydroxylation sites is 1. The predicted octanol–water partition coefficient (Wildman–Crippen LogP) is 0.254. The molecule has 5 nitrogen and oxygen atoms in total. The topological polar surface area (TPSA) is 75.4 Å². The first-order valence-electron chi connectivity index (χ1n) is 5.66. The van der Waals surface area contributed by atoms with E-state index >= 15 is 0 Å². The summed E-state index contributed by atoms with van der Waals surface area (Å²) in [5.74, 6) is -2.12. The van der Waals surface area contributed by atoms with E-state index in [9.17, 15) is 14.0 Å². The predicted molar refractivity (Wildman–Crippen MR) is 66.5 cm³/mol. The SMILES string of the molecule is CCN(C(=O)C(=O)NCCN)c1ccccc1F. The molecule has 0 aliphatic rings. The van der Waals surface area contributed by atoms with Crippen molar-refractivity contribution in [3.63, 3.8) is 0 Å². The highest BCUT2D eigenvalue weighted by Crippen LogP contribution is 2.18. The lowest BCUT2D eigenvalue weighted by molar-refractivity contribution is -0.137. The van der Waals surface area contributed by atoms with E-state index in [1.165, 1.54) is 18.2 Å². The van der Waals surface area contributed by atoms with Crippen molar-refractivity contribution in [3.8, 4) is 0 Å². The maximum atomic E-state index is 13.6. The Balaban J connectivity index is 2.87. The molecule has 0 saturated carbocycles. The molecule has 1 aromatic carbocycles. The van der Waals surface area contributed by atoms with E-state index in [-0.39, 0.29) is 25.3 Å². The van der Waals surface area contributed by atoms with E-state index < -0.39 is 17.6 Å². The monoisotopic (exact) mass is 253 g/mol. The van der Waals surface area contributed by atoms with Crippen molar-refractivity contribution in [3.05, 3.63) is 30.1 Å². The number of nitrogens with two attached hydrogens (primary N) is 1. The molecular formula is C12H16FN3O2. The average Bonchev–Trinajstić information content (AvgIpc) is 2.38. The minimum Gasteiger partial charge on any atom is -0.347 e. The van der Waals surface area contributed by atoms with Crippen LogP contribution >= 0.6 is 0 Å². The van der Waals surface area contributed by atoms with Crippen LogP contribution in [-0.2, 0) is 9.59 Å². The third-order valence-corrected chi connectivity index (χ3v) is 2.33. The number of hydrogen-bond acceptors (Lipinski definition) is 3. The Hall–Kier alpha value is -1.95. The number of nitrogens with one attached hydrogen (secondary N) is 1. The maximum Gasteiger partial charge on any atom is 0.316 e. The normalized spacial score (nSPS) is 9.94. The number of anilines is 1. The van der Waals surface area contributed by atoms with Crippen molar-refractivity contribution in [2.24, 2.45) is 5.73 Å². The minimum absolute atomic E-state index is 0.0906. The van der Waals surface area contributed by atoms with Gasteiger partial charge in [-0.15, -0.1) is 0 Å². The molecule has 0 atom stereocenters. The summed E-state index contributed by atoms with van der Waals surface area (Å²) in [7, 11) is 0. The summed E-state index contributed by atoms with van der Waals surface area (Å²) >= 11 is 0. The van der Waals surface area contributed by atoms with E-state index in [0.29, 0.717) is 0 Å². The quantitative estimate of drug-likeness (QED) is 0.755. The molecule has 0 aromatic heterocycles. The number of likely N-dealkylation sites (N-methyl/N-ethyl adjacent to an activating group) is 1. The zero-order valence-electron chi connectivity index (χ0n) is 10.1. The van der Waals surface area contributed by atoms with Crippen LogP contribution in [0.5, 0.6) is 0 Å². The molecule has 0 bridgehead atoms. The van der Waals surface area contributed by atoms with E-state index in [2.05, 4.69) is 5.32 Å². The lowest BCUT2D eigenvalue weighted by Gasteiger charge is -2.20. The summed E-state index contributed by atoms with van der Waals surface area (Å²) < 4.78 is 13.6. The Bertz CT molecular complexity index is 437. The summed E-state index contributed by atoms with van der Waals surface area (Å²) in [5.41, 5.74) is 5.31. The summed E-state index contributed by atoms with van der Waals surface area (Å²) in [6.45, 7) is 2.32. The van der Waals surface area contributed by atoms with Crippen molar-refractivity contribution < 1.29 is 14.0 Å². The van der Waals surface area contributed by atoms with Gasteiger partial charge in [-0.1, -0.05) is 12.1 Å². The van der Waals surface area contributed by atoms with E-state index in [1.807, 2.05) is 0 Å². The molecule has 0 spiro atoms. The second-order valence-electron chi connectivity index (χ2n) is 3.55. The van der Waals surface area contributed by atoms with Crippen LogP contribution in [0.15, 0.2) is 24.3 Å². The average molecular weight is 253 g/mol. The molecule has 0 heterocycles. The van der Waals surface area contributed by atoms with Gasteiger partial charge in [0.05, 0.1) is 5.69 Å². The zero-order valence-corrected chi connectivity index (χ0v) is 10.1. The molecule has 0 radical (unpaired) electrons. The molecule has 1 aromatic rings. The van der Waals surface area contributed by atoms with Gasteiger partial charge in [-0.05, 0) is 19.1 Å². The number of hydrogen-bond donors (Lipinski definition) is 2. The van der Waals surface area contributed by atoms with Gasteiger partial charge in [0, 0.05) is 19.6 Å². The third kappa shape index (κ3) is 3.27.